The van der Waals surface area contributed by atoms with Gasteiger partial charge in [0.25, 0.3) is 0 Å². The molecule has 0 fully saturated rings. The van der Waals surface area contributed by atoms with Gasteiger partial charge in [0.1, 0.15) is 0 Å². The summed E-state index contributed by atoms with van der Waals surface area (Å²) in [6.45, 7) is 0. The van der Waals surface area contributed by atoms with Gasteiger partial charge in [0.2, 0.25) is 0 Å². The molecule has 0 aliphatic rings. The van der Waals surface area contributed by atoms with Gasteiger partial charge in [-0.25, -0.2) is 15.0 Å². The second kappa shape index (κ2) is 10.5. The Balaban J connectivity index is 1.42. The molecule has 0 aliphatic heterocycles. The summed E-state index contributed by atoms with van der Waals surface area (Å²) in [5.74, 6) is 1.94. The zero-order valence-corrected chi connectivity index (χ0v) is 23.3. The Labute approximate surface area is 249 Å². The molecule has 0 unspecified atom stereocenters. The molecule has 0 atom stereocenters. The smallest absolute Gasteiger partial charge is 0.164 e. The van der Waals surface area contributed by atoms with Crippen LogP contribution in [0.15, 0.2) is 158 Å². The molecule has 8 rings (SSSR count). The van der Waals surface area contributed by atoms with Gasteiger partial charge in [-0.1, -0.05) is 140 Å². The van der Waals surface area contributed by atoms with Crippen LogP contribution in [-0.2, 0) is 0 Å². The van der Waals surface area contributed by atoms with Crippen molar-refractivity contribution in [3.63, 3.8) is 0 Å². The maximum Gasteiger partial charge on any atom is 0.164 e. The largest absolute Gasteiger partial charge is 0.309 e. The minimum absolute atomic E-state index is 0.641. The van der Waals surface area contributed by atoms with Crippen LogP contribution in [0.5, 0.6) is 0 Å². The highest BCUT2D eigenvalue weighted by molar-refractivity contribution is 6.14. The lowest BCUT2D eigenvalue weighted by atomic mass is 9.96. The third-order valence-corrected chi connectivity index (χ3v) is 7.87. The van der Waals surface area contributed by atoms with Crippen molar-refractivity contribution in [3.8, 4) is 51.0 Å². The second-order valence-electron chi connectivity index (χ2n) is 10.5. The summed E-state index contributed by atoms with van der Waals surface area (Å²) < 4.78 is 2.37. The third kappa shape index (κ3) is 4.37. The molecule has 2 heterocycles. The van der Waals surface area contributed by atoms with Crippen LogP contribution in [0.3, 0.4) is 0 Å². The third-order valence-electron chi connectivity index (χ3n) is 7.87. The lowest BCUT2D eigenvalue weighted by Crippen LogP contribution is -2.01. The number of nitrogens with zero attached hydrogens (tertiary/aromatic N) is 4. The molecule has 6 aromatic carbocycles. The molecule has 0 saturated heterocycles. The van der Waals surface area contributed by atoms with Crippen molar-refractivity contribution < 1.29 is 0 Å². The van der Waals surface area contributed by atoms with Gasteiger partial charge in [-0.2, -0.15) is 0 Å². The first-order chi connectivity index (χ1) is 21.3. The van der Waals surface area contributed by atoms with E-state index < -0.39 is 0 Å². The summed E-state index contributed by atoms with van der Waals surface area (Å²) in [5.41, 5.74) is 8.50. The molecule has 0 N–H and O–H groups in total. The van der Waals surface area contributed by atoms with Crippen molar-refractivity contribution in [2.45, 2.75) is 0 Å². The van der Waals surface area contributed by atoms with E-state index in [1.54, 1.807) is 0 Å². The number of fused-ring (bicyclic) bond motifs is 3. The van der Waals surface area contributed by atoms with E-state index in [0.717, 1.165) is 39.0 Å². The van der Waals surface area contributed by atoms with E-state index in [0.29, 0.717) is 17.5 Å². The van der Waals surface area contributed by atoms with Crippen molar-refractivity contribution in [1.82, 2.24) is 19.5 Å². The quantitative estimate of drug-likeness (QED) is 0.214. The number of hydrogen-bond donors (Lipinski definition) is 0. The molecule has 8 aromatic rings. The molecule has 0 spiro atoms. The fourth-order valence-corrected chi connectivity index (χ4v) is 5.92. The van der Waals surface area contributed by atoms with Gasteiger partial charge in [-0.3, -0.25) is 0 Å². The predicted octanol–water partition coefficient (Wildman–Crippen LogP) is 9.64. The number of aromatic nitrogens is 4. The number of hydrogen-bond acceptors (Lipinski definition) is 3. The van der Waals surface area contributed by atoms with Crippen molar-refractivity contribution >= 4 is 21.8 Å². The number of benzene rings is 6. The van der Waals surface area contributed by atoms with Gasteiger partial charge in [-0.05, 0) is 23.8 Å². The van der Waals surface area contributed by atoms with Crippen molar-refractivity contribution in [1.29, 1.82) is 0 Å². The fraction of sp³-hybridized carbons (Fsp3) is 0. The molecule has 43 heavy (non-hydrogen) atoms. The maximum atomic E-state index is 5.06. The average Bonchev–Trinajstić information content (AvgIpc) is 3.44. The van der Waals surface area contributed by atoms with Crippen LogP contribution < -0.4 is 0 Å². The highest BCUT2D eigenvalue weighted by Crippen LogP contribution is 2.41. The van der Waals surface area contributed by atoms with Gasteiger partial charge in [0, 0.05) is 38.7 Å². The molecule has 0 saturated carbocycles. The van der Waals surface area contributed by atoms with Crippen LogP contribution in [-0.4, -0.2) is 19.5 Å². The van der Waals surface area contributed by atoms with Gasteiger partial charge in [-0.15, -0.1) is 0 Å². The normalized spacial score (nSPS) is 11.3. The second-order valence-corrected chi connectivity index (χ2v) is 10.5. The van der Waals surface area contributed by atoms with E-state index >= 15 is 0 Å². The average molecular weight is 551 g/mol. The van der Waals surface area contributed by atoms with Crippen LogP contribution in [0.4, 0.5) is 0 Å². The van der Waals surface area contributed by atoms with E-state index in [9.17, 15) is 0 Å². The Morgan fingerprint density at radius 1 is 0.349 bits per heavy atom. The summed E-state index contributed by atoms with van der Waals surface area (Å²) >= 11 is 0. The van der Waals surface area contributed by atoms with Crippen LogP contribution in [0.2, 0.25) is 0 Å². The summed E-state index contributed by atoms with van der Waals surface area (Å²) in [5, 5.41) is 2.43. The lowest BCUT2D eigenvalue weighted by Gasteiger charge is -2.15. The Kier molecular flexibility index (Phi) is 6.08. The van der Waals surface area contributed by atoms with Crippen molar-refractivity contribution in [3.05, 3.63) is 158 Å². The minimum atomic E-state index is 0.641. The molecular weight excluding hydrogens is 524 g/mol. The Hall–Kier alpha value is -5.87. The van der Waals surface area contributed by atoms with E-state index in [4.69, 9.17) is 15.0 Å². The highest BCUT2D eigenvalue weighted by Gasteiger charge is 2.20. The molecule has 0 amide bonds. The van der Waals surface area contributed by atoms with Crippen LogP contribution in [0.1, 0.15) is 0 Å². The summed E-state index contributed by atoms with van der Waals surface area (Å²) in [6.07, 6.45) is 0. The first-order valence-electron chi connectivity index (χ1n) is 14.4. The molecule has 4 nitrogen and oxygen atoms in total. The Bertz CT molecular complexity index is 2160. The van der Waals surface area contributed by atoms with E-state index in [1.165, 1.54) is 16.3 Å². The molecule has 2 aromatic heterocycles. The van der Waals surface area contributed by atoms with Crippen LogP contribution in [0, 0.1) is 0 Å². The van der Waals surface area contributed by atoms with E-state index in [2.05, 4.69) is 102 Å². The molecule has 4 heteroatoms. The van der Waals surface area contributed by atoms with Gasteiger partial charge in [0.15, 0.2) is 17.5 Å². The standard InChI is InChI=1S/C39H26N4/c1-4-15-27(16-5-1)37-40-38(28-17-6-2-7-18-28)42-39(41-37)34-23-11-10-21-30(34)32-24-14-25-33-31-22-12-13-26-35(31)43(36(32)33)29-19-8-3-9-20-29/h1-26H. The molecule has 0 aliphatic carbocycles. The predicted molar refractivity (Wildman–Crippen MR) is 176 cm³/mol. The molecule has 0 bridgehead atoms. The lowest BCUT2D eigenvalue weighted by molar-refractivity contribution is 1.07. The summed E-state index contributed by atoms with van der Waals surface area (Å²) in [7, 11) is 0. The maximum absolute atomic E-state index is 5.06. The monoisotopic (exact) mass is 550 g/mol. The van der Waals surface area contributed by atoms with E-state index in [-0.39, 0.29) is 0 Å². The SMILES string of the molecule is c1ccc(-c2nc(-c3ccccc3)nc(-c3ccccc3-c3cccc4c5ccccc5n(-c5ccccc5)c34)n2)cc1. The van der Waals surface area contributed by atoms with Crippen LogP contribution >= 0.6 is 0 Å². The van der Waals surface area contributed by atoms with Gasteiger partial charge < -0.3 is 4.57 Å². The first-order valence-corrected chi connectivity index (χ1v) is 14.4. The van der Waals surface area contributed by atoms with Crippen molar-refractivity contribution in [2.75, 3.05) is 0 Å². The van der Waals surface area contributed by atoms with E-state index in [1.807, 2.05) is 60.7 Å². The summed E-state index contributed by atoms with van der Waals surface area (Å²) in [6, 6.07) is 54.4. The summed E-state index contributed by atoms with van der Waals surface area (Å²) in [4.78, 5) is 15.0. The molecule has 0 radical (unpaired) electrons. The fourth-order valence-electron chi connectivity index (χ4n) is 5.92. The number of para-hydroxylation sites is 3. The zero-order valence-electron chi connectivity index (χ0n) is 23.3. The topological polar surface area (TPSA) is 43.6 Å². The Morgan fingerprint density at radius 3 is 1.51 bits per heavy atom. The van der Waals surface area contributed by atoms with Gasteiger partial charge >= 0.3 is 0 Å². The van der Waals surface area contributed by atoms with Gasteiger partial charge in [0.05, 0.1) is 11.0 Å². The number of rotatable bonds is 5. The highest BCUT2D eigenvalue weighted by atomic mass is 15.0. The minimum Gasteiger partial charge on any atom is -0.309 e. The van der Waals surface area contributed by atoms with Crippen LogP contribution in [0.25, 0.3) is 72.8 Å². The van der Waals surface area contributed by atoms with Crippen molar-refractivity contribution in [2.24, 2.45) is 0 Å². The Morgan fingerprint density at radius 2 is 0.837 bits per heavy atom. The zero-order chi connectivity index (χ0) is 28.6. The first kappa shape index (κ1) is 24.9. The molecule has 202 valence electrons. The molecular formula is C39H26N4.